The normalized spacial score (nSPS) is 10.5. The van der Waals surface area contributed by atoms with Crippen molar-refractivity contribution in [2.45, 2.75) is 21.3 Å². The van der Waals surface area contributed by atoms with Crippen LogP contribution >= 0.6 is 0 Å². The fourth-order valence-electron chi connectivity index (χ4n) is 5.19. The molecule has 0 fully saturated rings. The first-order valence-electron chi connectivity index (χ1n) is 13.7. The van der Waals surface area contributed by atoms with Crippen LogP contribution in [0.3, 0.4) is 0 Å². The molecule has 0 amide bonds. The molecule has 0 aliphatic carbocycles. The summed E-state index contributed by atoms with van der Waals surface area (Å²) in [6.45, 7) is 4.27. The second-order valence-corrected chi connectivity index (χ2v) is 10.1. The summed E-state index contributed by atoms with van der Waals surface area (Å²) in [5.41, 5.74) is 11.7. The molecular weight excluding hydrogens is 496 g/mol. The maximum atomic E-state index is 2.31. The number of hydrogen-bond acceptors (Lipinski definition) is 2. The number of hydrogen-bond donors (Lipinski definition) is 0. The molecule has 0 spiro atoms. The highest BCUT2D eigenvalue weighted by Crippen LogP contribution is 2.38. The minimum absolute atomic E-state index is 0. The molecule has 0 atom stereocenters. The molecule has 0 saturated carbocycles. The van der Waals surface area contributed by atoms with Gasteiger partial charge in [0.15, 0.2) is 0 Å². The van der Waals surface area contributed by atoms with Crippen LogP contribution in [-0.4, -0.2) is 0 Å². The Labute approximate surface area is 244 Å². The Balaban J connectivity index is 0.00000337. The van der Waals surface area contributed by atoms with Gasteiger partial charge in [0.05, 0.1) is 0 Å². The van der Waals surface area contributed by atoms with Gasteiger partial charge < -0.3 is 9.80 Å². The van der Waals surface area contributed by atoms with Gasteiger partial charge >= 0.3 is 0 Å². The van der Waals surface area contributed by atoms with Crippen molar-refractivity contribution < 1.29 is 0 Å². The third kappa shape index (κ3) is 6.08. The molecule has 0 aromatic heterocycles. The molecule has 6 aromatic rings. The van der Waals surface area contributed by atoms with Crippen molar-refractivity contribution in [3.05, 3.63) is 169 Å². The Morgan fingerprint density at radius 2 is 0.634 bits per heavy atom. The molecule has 0 radical (unpaired) electrons. The van der Waals surface area contributed by atoms with Crippen LogP contribution in [0, 0.1) is 13.8 Å². The largest absolute Gasteiger partial charge is 0.310 e. The van der Waals surface area contributed by atoms with E-state index >= 15 is 0 Å². The van der Waals surface area contributed by atoms with Gasteiger partial charge in [0.25, 0.3) is 0 Å². The van der Waals surface area contributed by atoms with Crippen LogP contribution in [0.4, 0.5) is 34.1 Å². The van der Waals surface area contributed by atoms with Gasteiger partial charge in [0.2, 0.25) is 0 Å². The lowest BCUT2D eigenvalue weighted by Crippen LogP contribution is -2.10. The molecule has 6 aromatic carbocycles. The molecule has 2 nitrogen and oxygen atoms in total. The van der Waals surface area contributed by atoms with E-state index in [1.54, 1.807) is 0 Å². The number of para-hydroxylation sites is 2. The van der Waals surface area contributed by atoms with E-state index in [0.29, 0.717) is 0 Å². The zero-order chi connectivity index (χ0) is 27.3. The van der Waals surface area contributed by atoms with E-state index in [9.17, 15) is 0 Å². The molecule has 0 N–H and O–H groups in total. The predicted molar refractivity (Wildman–Crippen MR) is 177 cm³/mol. The van der Waals surface area contributed by atoms with E-state index in [1.807, 2.05) is 0 Å². The second kappa shape index (κ2) is 12.4. The van der Waals surface area contributed by atoms with E-state index in [2.05, 4.69) is 181 Å². The van der Waals surface area contributed by atoms with E-state index < -0.39 is 0 Å². The highest BCUT2D eigenvalue weighted by Gasteiger charge is 2.14. The Morgan fingerprint density at radius 1 is 0.317 bits per heavy atom. The van der Waals surface area contributed by atoms with Crippen molar-refractivity contribution in [2.24, 2.45) is 0 Å². The van der Waals surface area contributed by atoms with Crippen LogP contribution in [-0.2, 0) is 0 Å². The lowest BCUT2D eigenvalue weighted by Gasteiger charge is -2.26. The smallest absolute Gasteiger partial charge is 0.0464 e. The van der Waals surface area contributed by atoms with Crippen molar-refractivity contribution in [3.8, 4) is 11.1 Å². The quantitative estimate of drug-likeness (QED) is 0.202. The van der Waals surface area contributed by atoms with Gasteiger partial charge in [-0.1, -0.05) is 92.4 Å². The van der Waals surface area contributed by atoms with Crippen LogP contribution in [0.2, 0.25) is 0 Å². The summed E-state index contributed by atoms with van der Waals surface area (Å²) in [6, 6.07) is 56.1. The fourth-order valence-corrected chi connectivity index (χ4v) is 5.19. The van der Waals surface area contributed by atoms with Crippen molar-refractivity contribution in [1.82, 2.24) is 0 Å². The third-order valence-corrected chi connectivity index (χ3v) is 7.13. The van der Waals surface area contributed by atoms with Gasteiger partial charge in [0.1, 0.15) is 0 Å². The first-order chi connectivity index (χ1) is 19.7. The van der Waals surface area contributed by atoms with Gasteiger partial charge in [0, 0.05) is 34.1 Å². The Morgan fingerprint density at radius 3 is 0.976 bits per heavy atom. The van der Waals surface area contributed by atoms with Gasteiger partial charge in [-0.3, -0.25) is 0 Å². The minimum atomic E-state index is 0. The standard InChI is InChI=1S/C38H32N2.CH4/c1-29-11-9-17-37(27-29)39(33-13-5-3-6-14-33)35-23-19-31(20-24-35)32-21-25-36(26-22-32)40(34-15-7-4-8-16-34)38-18-10-12-30(2)28-38;/h3-28H,1-2H3;1H4. The molecule has 41 heavy (non-hydrogen) atoms. The molecule has 0 aliphatic rings. The summed E-state index contributed by atoms with van der Waals surface area (Å²) in [5.74, 6) is 0. The van der Waals surface area contributed by atoms with E-state index in [-0.39, 0.29) is 7.43 Å². The molecule has 6 rings (SSSR count). The third-order valence-electron chi connectivity index (χ3n) is 7.13. The zero-order valence-electron chi connectivity index (χ0n) is 22.9. The Kier molecular flexibility index (Phi) is 8.31. The van der Waals surface area contributed by atoms with Crippen LogP contribution in [0.1, 0.15) is 18.6 Å². The molecule has 0 bridgehead atoms. The molecule has 202 valence electrons. The van der Waals surface area contributed by atoms with Crippen LogP contribution in [0.15, 0.2) is 158 Å². The van der Waals surface area contributed by atoms with Crippen molar-refractivity contribution in [1.29, 1.82) is 0 Å². The highest BCUT2D eigenvalue weighted by molar-refractivity contribution is 5.80. The summed E-state index contributed by atoms with van der Waals surface area (Å²) >= 11 is 0. The van der Waals surface area contributed by atoms with Crippen molar-refractivity contribution in [3.63, 3.8) is 0 Å². The SMILES string of the molecule is C.Cc1cccc(N(c2ccccc2)c2ccc(-c3ccc(N(c4ccccc4)c4cccc(C)c4)cc3)cc2)c1. The highest BCUT2D eigenvalue weighted by atomic mass is 15.1. The first-order valence-corrected chi connectivity index (χ1v) is 13.7. The van der Waals surface area contributed by atoms with Crippen molar-refractivity contribution in [2.75, 3.05) is 9.80 Å². The second-order valence-electron chi connectivity index (χ2n) is 10.1. The minimum Gasteiger partial charge on any atom is -0.310 e. The summed E-state index contributed by atoms with van der Waals surface area (Å²) in [5, 5.41) is 0. The average Bonchev–Trinajstić information content (AvgIpc) is 3.00. The maximum Gasteiger partial charge on any atom is 0.0464 e. The molecule has 0 aliphatic heterocycles. The summed E-state index contributed by atoms with van der Waals surface area (Å²) in [7, 11) is 0. The molecule has 0 heterocycles. The molecule has 2 heteroatoms. The predicted octanol–water partition coefficient (Wildman–Crippen LogP) is 11.5. The number of rotatable bonds is 7. The molecule has 0 unspecified atom stereocenters. The number of aryl methyl sites for hydroxylation is 2. The summed E-state index contributed by atoms with van der Waals surface area (Å²) in [6.07, 6.45) is 0. The number of anilines is 6. The van der Waals surface area contributed by atoms with E-state index in [0.717, 1.165) is 34.1 Å². The van der Waals surface area contributed by atoms with Crippen molar-refractivity contribution >= 4 is 34.1 Å². The monoisotopic (exact) mass is 532 g/mol. The van der Waals surface area contributed by atoms with Crippen LogP contribution in [0.5, 0.6) is 0 Å². The first kappa shape index (κ1) is 27.5. The zero-order valence-corrected chi connectivity index (χ0v) is 22.9. The topological polar surface area (TPSA) is 6.48 Å². The Bertz CT molecular complexity index is 1560. The van der Waals surface area contributed by atoms with Gasteiger partial charge in [-0.05, 0) is 109 Å². The molecular formula is C39H36N2. The lowest BCUT2D eigenvalue weighted by molar-refractivity contribution is 1.27. The average molecular weight is 533 g/mol. The van der Waals surface area contributed by atoms with Gasteiger partial charge in [-0.15, -0.1) is 0 Å². The maximum absolute atomic E-state index is 2.31. The number of nitrogens with zero attached hydrogens (tertiary/aromatic N) is 2. The van der Waals surface area contributed by atoms with Crippen LogP contribution < -0.4 is 9.80 Å². The van der Waals surface area contributed by atoms with Gasteiger partial charge in [-0.2, -0.15) is 0 Å². The van der Waals surface area contributed by atoms with Gasteiger partial charge in [-0.25, -0.2) is 0 Å². The summed E-state index contributed by atoms with van der Waals surface area (Å²) in [4.78, 5) is 4.61. The van der Waals surface area contributed by atoms with E-state index in [4.69, 9.17) is 0 Å². The van der Waals surface area contributed by atoms with E-state index in [1.165, 1.54) is 22.3 Å². The molecule has 0 saturated heterocycles. The fraction of sp³-hybridized carbons (Fsp3) is 0.0769. The summed E-state index contributed by atoms with van der Waals surface area (Å²) < 4.78 is 0. The Hall–Kier alpha value is -5.08. The lowest BCUT2D eigenvalue weighted by atomic mass is 10.0. The van der Waals surface area contributed by atoms with Crippen LogP contribution in [0.25, 0.3) is 11.1 Å². The number of benzene rings is 6.